The second-order valence-corrected chi connectivity index (χ2v) is 7.21. The molecular weight excluding hydrogens is 342 g/mol. The third-order valence-corrected chi connectivity index (χ3v) is 5.56. The van der Waals surface area contributed by atoms with Crippen LogP contribution in [0.3, 0.4) is 0 Å². The lowest BCUT2D eigenvalue weighted by Crippen LogP contribution is -2.55. The zero-order valence-electron chi connectivity index (χ0n) is 14.9. The summed E-state index contributed by atoms with van der Waals surface area (Å²) in [5, 5.41) is 1.06. The molecule has 2 aliphatic heterocycles. The average molecular weight is 361 g/mol. The molecule has 136 valence electrons. The number of piperazine rings is 1. The number of pyridine rings is 1. The van der Waals surface area contributed by atoms with Crippen molar-refractivity contribution in [2.75, 3.05) is 20.1 Å². The Kier molecular flexibility index (Phi) is 3.50. The first-order valence-corrected chi connectivity index (χ1v) is 9.04. The van der Waals surface area contributed by atoms with Crippen molar-refractivity contribution in [3.05, 3.63) is 48.9 Å². The molecule has 2 saturated heterocycles. The Bertz CT molecular complexity index is 1060. The van der Waals surface area contributed by atoms with E-state index in [2.05, 4.69) is 20.6 Å². The number of imidazole rings is 1. The van der Waals surface area contributed by atoms with Gasteiger partial charge in [-0.2, -0.15) is 0 Å². The van der Waals surface area contributed by atoms with E-state index in [1.165, 1.54) is 4.90 Å². The Morgan fingerprint density at radius 3 is 2.89 bits per heavy atom. The maximum Gasteiger partial charge on any atom is 0.245 e. The van der Waals surface area contributed by atoms with Gasteiger partial charge in [-0.3, -0.25) is 14.6 Å². The van der Waals surface area contributed by atoms with Gasteiger partial charge in [0.2, 0.25) is 11.8 Å². The summed E-state index contributed by atoms with van der Waals surface area (Å²) in [5.74, 6) is 0.887. The molecule has 5 rings (SSSR count). The highest BCUT2D eigenvalue weighted by atomic mass is 16.2. The molecule has 0 aliphatic carbocycles. The van der Waals surface area contributed by atoms with Gasteiger partial charge in [0.1, 0.15) is 11.9 Å². The summed E-state index contributed by atoms with van der Waals surface area (Å²) in [4.78, 5) is 37.0. The number of hydrogen-bond acceptors (Lipinski definition) is 4. The van der Waals surface area contributed by atoms with Gasteiger partial charge in [-0.05, 0) is 30.7 Å². The first kappa shape index (κ1) is 16.0. The van der Waals surface area contributed by atoms with Crippen LogP contribution in [0.4, 0.5) is 0 Å². The van der Waals surface area contributed by atoms with Gasteiger partial charge in [0, 0.05) is 43.1 Å². The van der Waals surface area contributed by atoms with E-state index in [-0.39, 0.29) is 30.4 Å². The molecule has 0 saturated carbocycles. The van der Waals surface area contributed by atoms with E-state index in [9.17, 15) is 9.59 Å². The van der Waals surface area contributed by atoms with Crippen molar-refractivity contribution in [3.63, 3.8) is 0 Å². The Labute approximate surface area is 156 Å². The van der Waals surface area contributed by atoms with Crippen LogP contribution < -0.4 is 0 Å². The van der Waals surface area contributed by atoms with Crippen LogP contribution in [-0.4, -0.2) is 62.3 Å². The predicted octanol–water partition coefficient (Wildman–Crippen LogP) is 1.71. The minimum atomic E-state index is -0.364. The van der Waals surface area contributed by atoms with E-state index in [1.807, 2.05) is 30.5 Å². The quantitative estimate of drug-likeness (QED) is 0.697. The molecule has 0 unspecified atom stereocenters. The number of likely N-dealkylation sites (N-methyl/N-ethyl adjacent to an activating group) is 1. The monoisotopic (exact) mass is 361 g/mol. The van der Waals surface area contributed by atoms with Gasteiger partial charge >= 0.3 is 0 Å². The number of aromatic nitrogens is 3. The molecule has 3 aromatic rings. The number of rotatable bonds is 2. The fourth-order valence-electron chi connectivity index (χ4n) is 4.20. The van der Waals surface area contributed by atoms with Crippen LogP contribution in [0.1, 0.15) is 12.5 Å². The maximum atomic E-state index is 12.5. The van der Waals surface area contributed by atoms with Crippen LogP contribution in [0.5, 0.6) is 0 Å². The number of nitrogens with zero attached hydrogens (tertiary/aromatic N) is 5. The Balaban J connectivity index is 1.50. The Hall–Kier alpha value is -3.22. The lowest BCUT2D eigenvalue weighted by molar-refractivity contribution is -0.152. The molecule has 2 amide bonds. The number of hydrogen-bond donors (Lipinski definition) is 0. The van der Waals surface area contributed by atoms with Gasteiger partial charge in [0.15, 0.2) is 0 Å². The number of carbonyl (C=O) groups excluding carboxylic acids is 2. The molecule has 27 heavy (non-hydrogen) atoms. The van der Waals surface area contributed by atoms with E-state index < -0.39 is 0 Å². The zero-order valence-corrected chi connectivity index (χ0v) is 14.9. The largest absolute Gasteiger partial charge is 0.335 e. The van der Waals surface area contributed by atoms with Crippen LogP contribution in [0.15, 0.2) is 48.9 Å². The third kappa shape index (κ3) is 2.50. The maximum absolute atomic E-state index is 12.5. The summed E-state index contributed by atoms with van der Waals surface area (Å²) < 4.78 is 2.09. The van der Waals surface area contributed by atoms with Crippen molar-refractivity contribution in [1.82, 2.24) is 24.3 Å². The van der Waals surface area contributed by atoms with Crippen LogP contribution in [0, 0.1) is 0 Å². The van der Waals surface area contributed by atoms with E-state index in [0.29, 0.717) is 13.0 Å². The average Bonchev–Trinajstić information content (AvgIpc) is 3.33. The van der Waals surface area contributed by atoms with Crippen molar-refractivity contribution in [2.45, 2.75) is 18.5 Å². The highest BCUT2D eigenvalue weighted by Gasteiger charge is 2.45. The number of benzene rings is 1. The third-order valence-electron chi connectivity index (χ3n) is 5.56. The normalized spacial score (nSPS) is 22.6. The SMILES string of the molecule is CN1CC(=O)N2C[C@@H](n3ccnc3-c3ccc4ncccc4c3)C[C@H]2C1=O. The lowest BCUT2D eigenvalue weighted by atomic mass is 10.1. The van der Waals surface area contributed by atoms with E-state index in [1.54, 1.807) is 24.3 Å². The van der Waals surface area contributed by atoms with Gasteiger partial charge in [-0.15, -0.1) is 0 Å². The molecule has 2 atom stereocenters. The fourth-order valence-corrected chi connectivity index (χ4v) is 4.20. The molecule has 0 bridgehead atoms. The van der Waals surface area contributed by atoms with Gasteiger partial charge in [-0.25, -0.2) is 4.98 Å². The smallest absolute Gasteiger partial charge is 0.245 e. The van der Waals surface area contributed by atoms with Gasteiger partial charge in [0.05, 0.1) is 18.1 Å². The van der Waals surface area contributed by atoms with Crippen LogP contribution in [0.25, 0.3) is 22.3 Å². The molecule has 0 spiro atoms. The van der Waals surface area contributed by atoms with Crippen molar-refractivity contribution in [2.24, 2.45) is 0 Å². The second kappa shape index (κ2) is 5.90. The summed E-state index contributed by atoms with van der Waals surface area (Å²) >= 11 is 0. The molecule has 1 aromatic carbocycles. The number of amides is 2. The predicted molar refractivity (Wildman–Crippen MR) is 99.8 cm³/mol. The first-order valence-electron chi connectivity index (χ1n) is 9.04. The van der Waals surface area contributed by atoms with Gasteiger partial charge in [0.25, 0.3) is 0 Å². The van der Waals surface area contributed by atoms with E-state index >= 15 is 0 Å². The minimum absolute atomic E-state index is 0.0167. The van der Waals surface area contributed by atoms with Crippen molar-refractivity contribution < 1.29 is 9.59 Å². The number of carbonyl (C=O) groups is 2. The minimum Gasteiger partial charge on any atom is -0.335 e. The topological polar surface area (TPSA) is 71.3 Å². The summed E-state index contributed by atoms with van der Waals surface area (Å²) in [7, 11) is 1.69. The second-order valence-electron chi connectivity index (χ2n) is 7.21. The van der Waals surface area contributed by atoms with Gasteiger partial charge < -0.3 is 14.4 Å². The Morgan fingerprint density at radius 1 is 1.11 bits per heavy atom. The van der Waals surface area contributed by atoms with Gasteiger partial charge in [-0.1, -0.05) is 6.07 Å². The lowest BCUT2D eigenvalue weighted by Gasteiger charge is -2.33. The van der Waals surface area contributed by atoms with Crippen molar-refractivity contribution in [3.8, 4) is 11.4 Å². The molecule has 2 fully saturated rings. The molecular formula is C20H19N5O2. The summed E-state index contributed by atoms with van der Waals surface area (Å²) in [5.41, 5.74) is 1.94. The summed E-state index contributed by atoms with van der Waals surface area (Å²) in [6, 6.07) is 9.70. The van der Waals surface area contributed by atoms with Crippen LogP contribution in [-0.2, 0) is 9.59 Å². The van der Waals surface area contributed by atoms with Crippen molar-refractivity contribution in [1.29, 1.82) is 0 Å². The van der Waals surface area contributed by atoms with Crippen LogP contribution in [0.2, 0.25) is 0 Å². The molecule has 4 heterocycles. The van der Waals surface area contributed by atoms with Crippen molar-refractivity contribution >= 4 is 22.7 Å². The molecule has 2 aromatic heterocycles. The highest BCUT2D eigenvalue weighted by molar-refractivity contribution is 5.95. The van der Waals surface area contributed by atoms with E-state index in [0.717, 1.165) is 22.3 Å². The standard InChI is InChI=1S/C20H19N5O2/c1-23-12-18(26)25-11-15(10-17(25)20(23)27)24-8-7-22-19(24)14-4-5-16-13(9-14)3-2-6-21-16/h2-9,15,17H,10-12H2,1H3/t15-,17-/m0/s1. The molecule has 7 nitrogen and oxygen atoms in total. The first-order chi connectivity index (χ1) is 13.1. The fraction of sp³-hybridized carbons (Fsp3) is 0.300. The molecule has 7 heteroatoms. The Morgan fingerprint density at radius 2 is 2.00 bits per heavy atom. The van der Waals surface area contributed by atoms with E-state index in [4.69, 9.17) is 0 Å². The molecule has 0 radical (unpaired) electrons. The summed E-state index contributed by atoms with van der Waals surface area (Å²) in [6.07, 6.45) is 6.11. The molecule has 2 aliphatic rings. The zero-order chi connectivity index (χ0) is 18.5. The molecule has 0 N–H and O–H groups in total. The highest BCUT2D eigenvalue weighted by Crippen LogP contribution is 2.34. The summed E-state index contributed by atoms with van der Waals surface area (Å²) in [6.45, 7) is 0.706. The van der Waals surface area contributed by atoms with Crippen LogP contribution >= 0.6 is 0 Å². The number of fused-ring (bicyclic) bond motifs is 2.